The van der Waals surface area contributed by atoms with Crippen LogP contribution in [0, 0.1) is 5.92 Å². The van der Waals surface area contributed by atoms with Crippen molar-refractivity contribution in [2.24, 2.45) is 5.92 Å². The van der Waals surface area contributed by atoms with Crippen LogP contribution in [-0.4, -0.2) is 23.0 Å². The monoisotopic (exact) mass is 321 g/mol. The van der Waals surface area contributed by atoms with E-state index in [2.05, 4.69) is 5.32 Å². The molecule has 0 bridgehead atoms. The van der Waals surface area contributed by atoms with E-state index >= 15 is 0 Å². The number of carbonyl (C=O) groups excluding carboxylic acids is 1. The van der Waals surface area contributed by atoms with Gasteiger partial charge in [-0.2, -0.15) is 0 Å². The average molecular weight is 322 g/mol. The zero-order valence-electron chi connectivity index (χ0n) is 11.8. The highest BCUT2D eigenvalue weighted by Gasteiger charge is 2.30. The van der Waals surface area contributed by atoms with Gasteiger partial charge in [0.05, 0.1) is 12.7 Å². The third kappa shape index (κ3) is 3.42. The minimum absolute atomic E-state index is 0.0864. The standard InChI is InChI=1S/C16H16ClNO4/c17-11-3-4-12-10(8-22-14(12)7-11)6-15(19)18-13(16(20)21)5-9-1-2-9/h3-4,7-9,13H,1-2,5-6H2,(H,18,19)(H,20,21)/t13-/m0/s1. The molecule has 0 unspecified atom stereocenters. The molecule has 1 aliphatic carbocycles. The van der Waals surface area contributed by atoms with Gasteiger partial charge in [-0.25, -0.2) is 4.79 Å². The van der Waals surface area contributed by atoms with E-state index in [1.54, 1.807) is 18.2 Å². The van der Waals surface area contributed by atoms with Crippen LogP contribution in [0.25, 0.3) is 11.0 Å². The highest BCUT2D eigenvalue weighted by Crippen LogP contribution is 2.33. The molecule has 1 fully saturated rings. The van der Waals surface area contributed by atoms with Crippen molar-refractivity contribution in [3.8, 4) is 0 Å². The Kier molecular flexibility index (Phi) is 4.07. The number of hydrogen-bond donors (Lipinski definition) is 2. The van der Waals surface area contributed by atoms with Gasteiger partial charge in [0, 0.05) is 16.0 Å². The lowest BCUT2D eigenvalue weighted by molar-refractivity contribution is -0.142. The lowest BCUT2D eigenvalue weighted by atomic mass is 10.1. The predicted octanol–water partition coefficient (Wildman–Crippen LogP) is 3.00. The Balaban J connectivity index is 1.68. The van der Waals surface area contributed by atoms with Gasteiger partial charge in [0.2, 0.25) is 5.91 Å². The number of benzene rings is 1. The van der Waals surface area contributed by atoms with Crippen LogP contribution in [0.4, 0.5) is 0 Å². The molecule has 1 aromatic carbocycles. The molecule has 116 valence electrons. The summed E-state index contributed by atoms with van der Waals surface area (Å²) in [7, 11) is 0. The van der Waals surface area contributed by atoms with Crippen LogP contribution in [0.3, 0.4) is 0 Å². The fourth-order valence-corrected chi connectivity index (χ4v) is 2.68. The minimum Gasteiger partial charge on any atom is -0.480 e. The number of furan rings is 1. The second kappa shape index (κ2) is 6.01. The van der Waals surface area contributed by atoms with Crippen LogP contribution in [-0.2, 0) is 16.0 Å². The Morgan fingerprint density at radius 2 is 2.18 bits per heavy atom. The molecule has 6 heteroatoms. The quantitative estimate of drug-likeness (QED) is 0.857. The molecule has 1 saturated carbocycles. The summed E-state index contributed by atoms with van der Waals surface area (Å²) in [6.45, 7) is 0. The maximum atomic E-state index is 12.1. The van der Waals surface area contributed by atoms with Crippen LogP contribution in [0.15, 0.2) is 28.9 Å². The summed E-state index contributed by atoms with van der Waals surface area (Å²) < 4.78 is 5.38. The van der Waals surface area contributed by atoms with Gasteiger partial charge in [0.25, 0.3) is 0 Å². The number of nitrogens with one attached hydrogen (secondary N) is 1. The van der Waals surface area contributed by atoms with E-state index in [4.69, 9.17) is 16.0 Å². The van der Waals surface area contributed by atoms with Gasteiger partial charge in [0.1, 0.15) is 11.6 Å². The van der Waals surface area contributed by atoms with Crippen molar-refractivity contribution in [1.82, 2.24) is 5.32 Å². The molecule has 2 aromatic rings. The topological polar surface area (TPSA) is 79.5 Å². The van der Waals surface area contributed by atoms with Crippen molar-refractivity contribution in [3.05, 3.63) is 35.0 Å². The van der Waals surface area contributed by atoms with Crippen molar-refractivity contribution in [2.75, 3.05) is 0 Å². The number of carboxylic acid groups (broad SMARTS) is 1. The molecule has 0 saturated heterocycles. The first-order valence-corrected chi connectivity index (χ1v) is 7.58. The van der Waals surface area contributed by atoms with E-state index in [9.17, 15) is 14.7 Å². The van der Waals surface area contributed by atoms with Gasteiger partial charge in [-0.3, -0.25) is 4.79 Å². The van der Waals surface area contributed by atoms with E-state index < -0.39 is 12.0 Å². The number of rotatable bonds is 6. The third-order valence-electron chi connectivity index (χ3n) is 3.87. The van der Waals surface area contributed by atoms with Gasteiger partial charge in [-0.15, -0.1) is 0 Å². The Labute approximate surface area is 132 Å². The van der Waals surface area contributed by atoms with Crippen LogP contribution in [0.5, 0.6) is 0 Å². The Hall–Kier alpha value is -2.01. The van der Waals surface area contributed by atoms with E-state index in [1.807, 2.05) is 0 Å². The highest BCUT2D eigenvalue weighted by atomic mass is 35.5. The highest BCUT2D eigenvalue weighted by molar-refractivity contribution is 6.31. The summed E-state index contributed by atoms with van der Waals surface area (Å²) in [5.74, 6) is -0.868. The summed E-state index contributed by atoms with van der Waals surface area (Å²) in [5.41, 5.74) is 1.34. The number of carbonyl (C=O) groups is 2. The van der Waals surface area contributed by atoms with Crippen LogP contribution < -0.4 is 5.32 Å². The first-order valence-electron chi connectivity index (χ1n) is 7.20. The molecule has 5 nitrogen and oxygen atoms in total. The van der Waals surface area contributed by atoms with Crippen LogP contribution in [0.2, 0.25) is 5.02 Å². The SMILES string of the molecule is O=C(Cc1coc2cc(Cl)ccc12)N[C@@H](CC1CC1)C(=O)O. The van der Waals surface area contributed by atoms with Gasteiger partial charge >= 0.3 is 5.97 Å². The molecule has 0 aliphatic heterocycles. The number of carboxylic acids is 1. The Bertz CT molecular complexity index is 720. The minimum atomic E-state index is -0.982. The summed E-state index contributed by atoms with van der Waals surface area (Å²) in [6.07, 6.45) is 4.20. The predicted molar refractivity (Wildman–Crippen MR) is 81.8 cm³/mol. The van der Waals surface area contributed by atoms with Gasteiger partial charge < -0.3 is 14.8 Å². The smallest absolute Gasteiger partial charge is 0.326 e. The van der Waals surface area contributed by atoms with Crippen molar-refractivity contribution in [3.63, 3.8) is 0 Å². The third-order valence-corrected chi connectivity index (χ3v) is 4.10. The zero-order chi connectivity index (χ0) is 15.7. The number of halogens is 1. The van der Waals surface area contributed by atoms with Gasteiger partial charge in [-0.05, 0) is 30.5 Å². The molecule has 22 heavy (non-hydrogen) atoms. The normalized spacial score (nSPS) is 15.7. The van der Waals surface area contributed by atoms with E-state index in [0.717, 1.165) is 23.8 Å². The molecular formula is C16H16ClNO4. The molecule has 1 atom stereocenters. The molecule has 1 aliphatic rings. The summed E-state index contributed by atoms with van der Waals surface area (Å²) in [4.78, 5) is 23.3. The lowest BCUT2D eigenvalue weighted by Gasteiger charge is -2.13. The number of hydrogen-bond acceptors (Lipinski definition) is 3. The van der Waals surface area contributed by atoms with Crippen LogP contribution in [0.1, 0.15) is 24.8 Å². The molecule has 1 heterocycles. The number of aliphatic carboxylic acids is 1. The van der Waals surface area contributed by atoms with Crippen LogP contribution >= 0.6 is 11.6 Å². The second-order valence-corrected chi connectivity index (χ2v) is 6.15. The summed E-state index contributed by atoms with van der Waals surface area (Å²) >= 11 is 5.89. The fraction of sp³-hybridized carbons (Fsp3) is 0.375. The zero-order valence-corrected chi connectivity index (χ0v) is 12.6. The number of fused-ring (bicyclic) bond motifs is 1. The largest absolute Gasteiger partial charge is 0.480 e. The van der Waals surface area contributed by atoms with Crippen molar-refractivity contribution in [1.29, 1.82) is 0 Å². The fourth-order valence-electron chi connectivity index (χ4n) is 2.52. The molecule has 0 radical (unpaired) electrons. The first kappa shape index (κ1) is 14.9. The Morgan fingerprint density at radius 3 is 2.86 bits per heavy atom. The molecule has 2 N–H and O–H groups in total. The average Bonchev–Trinajstić information content (AvgIpc) is 3.19. The van der Waals surface area contributed by atoms with Crippen molar-refractivity contribution >= 4 is 34.4 Å². The van der Waals surface area contributed by atoms with E-state index in [1.165, 1.54) is 6.26 Å². The maximum absolute atomic E-state index is 12.1. The molecule has 0 spiro atoms. The molecule has 1 amide bonds. The van der Waals surface area contributed by atoms with E-state index in [-0.39, 0.29) is 12.3 Å². The summed E-state index contributed by atoms with van der Waals surface area (Å²) in [6, 6.07) is 4.40. The first-order chi connectivity index (χ1) is 10.5. The number of amides is 1. The molecule has 3 rings (SSSR count). The maximum Gasteiger partial charge on any atom is 0.326 e. The molecule has 1 aromatic heterocycles. The van der Waals surface area contributed by atoms with Crippen molar-refractivity contribution in [2.45, 2.75) is 31.7 Å². The van der Waals surface area contributed by atoms with E-state index in [0.29, 0.717) is 22.9 Å². The van der Waals surface area contributed by atoms with Gasteiger partial charge in [-0.1, -0.05) is 24.4 Å². The van der Waals surface area contributed by atoms with Gasteiger partial charge in [0.15, 0.2) is 0 Å². The molecular weight excluding hydrogens is 306 g/mol. The second-order valence-electron chi connectivity index (χ2n) is 5.72. The lowest BCUT2D eigenvalue weighted by Crippen LogP contribution is -2.41. The van der Waals surface area contributed by atoms with Crippen molar-refractivity contribution < 1.29 is 19.1 Å². The Morgan fingerprint density at radius 1 is 1.41 bits per heavy atom. The summed E-state index contributed by atoms with van der Waals surface area (Å²) in [5, 5.41) is 13.2.